The summed E-state index contributed by atoms with van der Waals surface area (Å²) < 4.78 is 11.7. The SMILES string of the molecule is CCc1nn(C)c(OC)c1CNc1nc(Cl)c(C(=O)OC)s1. The van der Waals surface area contributed by atoms with E-state index >= 15 is 0 Å². The zero-order valence-corrected chi connectivity index (χ0v) is 14.3. The standard InChI is InChI=1S/C13H17ClN4O3S/c1-5-8-7(11(20-3)18(2)17-8)6-15-13-16-10(14)9(22-13)12(19)21-4/h5-6H2,1-4H3,(H,15,16). The molecule has 120 valence electrons. The first-order chi connectivity index (χ1) is 10.5. The van der Waals surface area contributed by atoms with Crippen molar-refractivity contribution in [3.05, 3.63) is 21.3 Å². The van der Waals surface area contributed by atoms with Crippen molar-refractivity contribution in [2.75, 3.05) is 19.5 Å². The Balaban J connectivity index is 2.19. The van der Waals surface area contributed by atoms with Gasteiger partial charge in [0.15, 0.2) is 15.2 Å². The van der Waals surface area contributed by atoms with Crippen LogP contribution in [0.5, 0.6) is 5.88 Å². The molecule has 0 amide bonds. The van der Waals surface area contributed by atoms with Gasteiger partial charge in [-0.2, -0.15) is 5.10 Å². The Labute approximate surface area is 137 Å². The first-order valence-electron chi connectivity index (χ1n) is 6.59. The van der Waals surface area contributed by atoms with Crippen molar-refractivity contribution >= 4 is 34.0 Å². The predicted molar refractivity (Wildman–Crippen MR) is 84.9 cm³/mol. The first-order valence-corrected chi connectivity index (χ1v) is 7.78. The van der Waals surface area contributed by atoms with E-state index in [1.807, 2.05) is 14.0 Å². The zero-order chi connectivity index (χ0) is 16.3. The van der Waals surface area contributed by atoms with E-state index in [-0.39, 0.29) is 10.0 Å². The van der Waals surface area contributed by atoms with E-state index < -0.39 is 5.97 Å². The Morgan fingerprint density at radius 2 is 2.18 bits per heavy atom. The van der Waals surface area contributed by atoms with Crippen LogP contribution in [0.3, 0.4) is 0 Å². The molecule has 0 aliphatic rings. The van der Waals surface area contributed by atoms with Gasteiger partial charge in [0.1, 0.15) is 0 Å². The summed E-state index contributed by atoms with van der Waals surface area (Å²) in [5.41, 5.74) is 1.90. The van der Waals surface area contributed by atoms with E-state index in [4.69, 9.17) is 16.3 Å². The molecular weight excluding hydrogens is 328 g/mol. The Morgan fingerprint density at radius 1 is 1.45 bits per heavy atom. The number of ether oxygens (including phenoxy) is 2. The molecule has 2 aromatic rings. The molecule has 9 heteroatoms. The normalized spacial score (nSPS) is 10.6. The number of methoxy groups -OCH3 is 2. The van der Waals surface area contributed by atoms with Gasteiger partial charge in [0.2, 0.25) is 5.88 Å². The van der Waals surface area contributed by atoms with Gasteiger partial charge >= 0.3 is 5.97 Å². The molecule has 0 radical (unpaired) electrons. The minimum absolute atomic E-state index is 0.133. The lowest BCUT2D eigenvalue weighted by Crippen LogP contribution is -2.03. The Morgan fingerprint density at radius 3 is 2.77 bits per heavy atom. The number of rotatable bonds is 6. The number of nitrogens with zero attached hydrogens (tertiary/aromatic N) is 3. The van der Waals surface area contributed by atoms with E-state index in [1.54, 1.807) is 11.8 Å². The summed E-state index contributed by atoms with van der Waals surface area (Å²) in [5.74, 6) is 0.198. The van der Waals surface area contributed by atoms with Crippen molar-refractivity contribution < 1.29 is 14.3 Å². The van der Waals surface area contributed by atoms with Crippen LogP contribution in [0.4, 0.5) is 5.13 Å². The van der Waals surface area contributed by atoms with Crippen molar-refractivity contribution in [3.63, 3.8) is 0 Å². The number of hydrogen-bond acceptors (Lipinski definition) is 7. The third-order valence-corrected chi connectivity index (χ3v) is 4.45. The fraction of sp³-hybridized carbons (Fsp3) is 0.462. The molecule has 0 aliphatic heterocycles. The molecule has 0 saturated carbocycles. The van der Waals surface area contributed by atoms with Crippen LogP contribution in [0.15, 0.2) is 0 Å². The van der Waals surface area contributed by atoms with Gasteiger partial charge in [-0.3, -0.25) is 0 Å². The number of aromatic nitrogens is 3. The van der Waals surface area contributed by atoms with E-state index in [2.05, 4.69) is 20.1 Å². The van der Waals surface area contributed by atoms with Gasteiger partial charge in [-0.05, 0) is 6.42 Å². The second kappa shape index (κ2) is 6.97. The highest BCUT2D eigenvalue weighted by molar-refractivity contribution is 7.18. The second-order valence-corrected chi connectivity index (χ2v) is 5.75. The third kappa shape index (κ3) is 3.17. The summed E-state index contributed by atoms with van der Waals surface area (Å²) in [6, 6.07) is 0. The lowest BCUT2D eigenvalue weighted by Gasteiger charge is -2.06. The fourth-order valence-corrected chi connectivity index (χ4v) is 3.18. The van der Waals surface area contributed by atoms with Gasteiger partial charge in [0.25, 0.3) is 0 Å². The van der Waals surface area contributed by atoms with Crippen LogP contribution in [0.2, 0.25) is 5.15 Å². The molecule has 0 aromatic carbocycles. The molecule has 0 fully saturated rings. The number of carbonyl (C=O) groups is 1. The first kappa shape index (κ1) is 16.6. The van der Waals surface area contributed by atoms with E-state index in [0.29, 0.717) is 17.6 Å². The highest BCUT2D eigenvalue weighted by atomic mass is 35.5. The number of nitrogens with one attached hydrogen (secondary N) is 1. The smallest absolute Gasteiger partial charge is 0.351 e. The van der Waals surface area contributed by atoms with E-state index in [0.717, 1.165) is 29.0 Å². The van der Waals surface area contributed by atoms with Gasteiger partial charge < -0.3 is 14.8 Å². The maximum Gasteiger partial charge on any atom is 0.351 e. The molecule has 1 N–H and O–H groups in total. The minimum Gasteiger partial charge on any atom is -0.481 e. The number of thiazole rings is 1. The maximum atomic E-state index is 11.5. The molecule has 0 bridgehead atoms. The second-order valence-electron chi connectivity index (χ2n) is 4.40. The van der Waals surface area contributed by atoms with Crippen LogP contribution in [-0.4, -0.2) is 35.0 Å². The summed E-state index contributed by atoms with van der Waals surface area (Å²) in [7, 11) is 4.74. The molecule has 0 aliphatic carbocycles. The summed E-state index contributed by atoms with van der Waals surface area (Å²) >= 11 is 7.09. The molecule has 2 aromatic heterocycles. The molecule has 0 spiro atoms. The highest BCUT2D eigenvalue weighted by Crippen LogP contribution is 2.29. The predicted octanol–water partition coefficient (Wildman–Crippen LogP) is 2.50. The van der Waals surface area contributed by atoms with Crippen molar-refractivity contribution in [1.29, 1.82) is 0 Å². The van der Waals surface area contributed by atoms with Gasteiger partial charge in [-0.25, -0.2) is 14.5 Å². The molecule has 2 heterocycles. The number of carbonyl (C=O) groups excluding carboxylic acids is 1. The maximum absolute atomic E-state index is 11.5. The van der Waals surface area contributed by atoms with Crippen molar-refractivity contribution in [2.24, 2.45) is 7.05 Å². The van der Waals surface area contributed by atoms with E-state index in [1.165, 1.54) is 7.11 Å². The highest BCUT2D eigenvalue weighted by Gasteiger charge is 2.19. The zero-order valence-electron chi connectivity index (χ0n) is 12.8. The topological polar surface area (TPSA) is 78.3 Å². The average Bonchev–Trinajstić information content (AvgIpc) is 3.03. The van der Waals surface area contributed by atoms with Gasteiger partial charge in [-0.15, -0.1) is 0 Å². The molecule has 7 nitrogen and oxygen atoms in total. The molecule has 2 rings (SSSR count). The average molecular weight is 345 g/mol. The Bertz CT molecular complexity index is 683. The van der Waals surface area contributed by atoms with Gasteiger partial charge in [0, 0.05) is 13.6 Å². The molecular formula is C13H17ClN4O3S. The Hall–Kier alpha value is -1.80. The van der Waals surface area contributed by atoms with Crippen LogP contribution in [0.1, 0.15) is 27.9 Å². The quantitative estimate of drug-likeness (QED) is 0.811. The van der Waals surface area contributed by atoms with Crippen LogP contribution in [0, 0.1) is 0 Å². The molecule has 22 heavy (non-hydrogen) atoms. The van der Waals surface area contributed by atoms with Crippen LogP contribution < -0.4 is 10.1 Å². The van der Waals surface area contributed by atoms with Crippen molar-refractivity contribution in [1.82, 2.24) is 14.8 Å². The van der Waals surface area contributed by atoms with Crippen LogP contribution in [-0.2, 0) is 24.8 Å². The number of aryl methyl sites for hydroxylation is 2. The fourth-order valence-electron chi connectivity index (χ4n) is 2.08. The summed E-state index contributed by atoms with van der Waals surface area (Å²) in [4.78, 5) is 15.9. The van der Waals surface area contributed by atoms with Crippen molar-refractivity contribution in [3.8, 4) is 5.88 Å². The number of esters is 1. The third-order valence-electron chi connectivity index (χ3n) is 3.07. The lowest BCUT2D eigenvalue weighted by molar-refractivity contribution is 0.0606. The largest absolute Gasteiger partial charge is 0.481 e. The summed E-state index contributed by atoms with van der Waals surface area (Å²) in [6.45, 7) is 2.51. The van der Waals surface area contributed by atoms with E-state index in [9.17, 15) is 4.79 Å². The Kier molecular flexibility index (Phi) is 5.25. The van der Waals surface area contributed by atoms with Crippen molar-refractivity contribution in [2.45, 2.75) is 19.9 Å². The van der Waals surface area contributed by atoms with Crippen LogP contribution >= 0.6 is 22.9 Å². The molecule has 0 unspecified atom stereocenters. The van der Waals surface area contributed by atoms with Gasteiger partial charge in [0.05, 0.1) is 25.5 Å². The summed E-state index contributed by atoms with van der Waals surface area (Å²) in [6.07, 6.45) is 0.792. The molecule has 0 atom stereocenters. The van der Waals surface area contributed by atoms with Crippen LogP contribution in [0.25, 0.3) is 0 Å². The lowest BCUT2D eigenvalue weighted by atomic mass is 10.2. The minimum atomic E-state index is -0.497. The number of hydrogen-bond donors (Lipinski definition) is 1. The van der Waals surface area contributed by atoms with Gasteiger partial charge in [-0.1, -0.05) is 29.9 Å². The number of anilines is 1. The monoisotopic (exact) mass is 344 g/mol. The number of halogens is 1. The molecule has 0 saturated heterocycles. The summed E-state index contributed by atoms with van der Waals surface area (Å²) in [5, 5.41) is 8.23.